The van der Waals surface area contributed by atoms with Crippen molar-refractivity contribution in [3.63, 3.8) is 0 Å². The zero-order valence-electron chi connectivity index (χ0n) is 9.56. The Morgan fingerprint density at radius 3 is 2.78 bits per heavy atom. The second-order valence-corrected chi connectivity index (χ2v) is 5.93. The van der Waals surface area contributed by atoms with Crippen molar-refractivity contribution in [3.8, 4) is 5.88 Å². The van der Waals surface area contributed by atoms with Gasteiger partial charge in [0.05, 0.1) is 15.8 Å². The number of nitrogens with zero attached hydrogens (tertiary/aromatic N) is 2. The van der Waals surface area contributed by atoms with Crippen LogP contribution in [0, 0.1) is 0 Å². The normalized spacial score (nSPS) is 12.4. The Hall–Kier alpha value is -0.880. The number of ether oxygens (including phenoxy) is 1. The van der Waals surface area contributed by atoms with Crippen LogP contribution < -0.4 is 10.5 Å². The molecule has 0 aliphatic carbocycles. The average molecular weight is 304 g/mol. The van der Waals surface area contributed by atoms with Crippen molar-refractivity contribution >= 4 is 34.5 Å². The lowest BCUT2D eigenvalue weighted by Crippen LogP contribution is -2.14. The number of aromatic nitrogens is 2. The molecular formula is C11H11Cl2N3OS. The van der Waals surface area contributed by atoms with Crippen LogP contribution in [0.1, 0.15) is 17.3 Å². The summed E-state index contributed by atoms with van der Waals surface area (Å²) in [5, 5.41) is 0. The number of nitrogens with two attached hydrogens (primary N) is 1. The molecule has 7 heteroatoms. The highest BCUT2D eigenvalue weighted by Crippen LogP contribution is 2.35. The van der Waals surface area contributed by atoms with Gasteiger partial charge in [-0.3, -0.25) is 0 Å². The summed E-state index contributed by atoms with van der Waals surface area (Å²) in [7, 11) is 1.56. The van der Waals surface area contributed by atoms with E-state index < -0.39 is 0 Å². The topological polar surface area (TPSA) is 61.0 Å². The quantitative estimate of drug-likeness (QED) is 0.943. The highest BCUT2D eigenvalue weighted by atomic mass is 35.5. The van der Waals surface area contributed by atoms with Crippen LogP contribution in [-0.2, 0) is 6.42 Å². The van der Waals surface area contributed by atoms with Crippen LogP contribution in [-0.4, -0.2) is 17.1 Å². The first kappa shape index (κ1) is 13.5. The van der Waals surface area contributed by atoms with Gasteiger partial charge in [-0.1, -0.05) is 23.2 Å². The van der Waals surface area contributed by atoms with Gasteiger partial charge in [-0.2, -0.15) is 0 Å². The van der Waals surface area contributed by atoms with Gasteiger partial charge in [0, 0.05) is 29.8 Å². The smallest absolute Gasteiger partial charge is 0.216 e. The zero-order chi connectivity index (χ0) is 13.1. The number of thiophene rings is 1. The Morgan fingerprint density at radius 1 is 1.39 bits per heavy atom. The summed E-state index contributed by atoms with van der Waals surface area (Å²) in [6.45, 7) is 0. The Morgan fingerprint density at radius 2 is 2.17 bits per heavy atom. The maximum absolute atomic E-state index is 6.10. The zero-order valence-corrected chi connectivity index (χ0v) is 11.9. The maximum Gasteiger partial charge on any atom is 0.216 e. The van der Waals surface area contributed by atoms with Crippen LogP contribution in [0.4, 0.5) is 0 Å². The second kappa shape index (κ2) is 5.84. The highest BCUT2D eigenvalue weighted by Gasteiger charge is 2.15. The van der Waals surface area contributed by atoms with Gasteiger partial charge in [-0.25, -0.2) is 9.97 Å². The molecular weight excluding hydrogens is 293 g/mol. The van der Waals surface area contributed by atoms with E-state index in [2.05, 4.69) is 9.97 Å². The fraction of sp³-hybridized carbons (Fsp3) is 0.273. The Balaban J connectivity index is 2.15. The van der Waals surface area contributed by atoms with Crippen molar-refractivity contribution in [2.24, 2.45) is 5.73 Å². The SMILES string of the molecule is COc1cc(CC(N)c2cc(Cl)sc2Cl)ncn1. The van der Waals surface area contributed by atoms with Crippen LogP contribution in [0.15, 0.2) is 18.5 Å². The molecule has 0 aliphatic rings. The van der Waals surface area contributed by atoms with E-state index in [9.17, 15) is 0 Å². The summed E-state index contributed by atoms with van der Waals surface area (Å²) in [6, 6.07) is 3.29. The third-order valence-electron chi connectivity index (χ3n) is 2.42. The summed E-state index contributed by atoms with van der Waals surface area (Å²) in [5.41, 5.74) is 7.73. The Labute approximate surface area is 119 Å². The van der Waals surface area contributed by atoms with Gasteiger partial charge in [0.15, 0.2) is 0 Å². The third kappa shape index (κ3) is 3.11. The van der Waals surface area contributed by atoms with Crippen molar-refractivity contribution < 1.29 is 4.74 Å². The van der Waals surface area contributed by atoms with Gasteiger partial charge >= 0.3 is 0 Å². The minimum atomic E-state index is -0.249. The summed E-state index contributed by atoms with van der Waals surface area (Å²) < 4.78 is 6.28. The van der Waals surface area contributed by atoms with Crippen molar-refractivity contribution in [1.29, 1.82) is 0 Å². The first-order valence-electron chi connectivity index (χ1n) is 5.15. The molecule has 96 valence electrons. The molecule has 0 aromatic carbocycles. The largest absolute Gasteiger partial charge is 0.481 e. The Kier molecular flexibility index (Phi) is 4.40. The molecule has 0 amide bonds. The molecule has 0 aliphatic heterocycles. The molecule has 0 radical (unpaired) electrons. The summed E-state index contributed by atoms with van der Waals surface area (Å²) in [6.07, 6.45) is 1.99. The fourth-order valence-corrected chi connectivity index (χ4v) is 3.14. The number of hydrogen-bond donors (Lipinski definition) is 1. The molecule has 0 fully saturated rings. The first-order valence-corrected chi connectivity index (χ1v) is 6.72. The van der Waals surface area contributed by atoms with Crippen LogP contribution in [0.5, 0.6) is 5.88 Å². The number of hydrogen-bond acceptors (Lipinski definition) is 5. The fourth-order valence-electron chi connectivity index (χ4n) is 1.54. The van der Waals surface area contributed by atoms with Crippen molar-refractivity contribution in [2.75, 3.05) is 7.11 Å². The highest BCUT2D eigenvalue weighted by molar-refractivity contribution is 7.20. The van der Waals surface area contributed by atoms with Gasteiger partial charge in [-0.15, -0.1) is 11.3 Å². The van der Waals surface area contributed by atoms with E-state index in [1.165, 1.54) is 17.7 Å². The van der Waals surface area contributed by atoms with Crippen molar-refractivity contribution in [2.45, 2.75) is 12.5 Å². The van der Waals surface area contributed by atoms with E-state index >= 15 is 0 Å². The second-order valence-electron chi connectivity index (χ2n) is 3.64. The molecule has 2 heterocycles. The first-order chi connectivity index (χ1) is 8.60. The third-order valence-corrected chi connectivity index (χ3v) is 3.94. The summed E-state index contributed by atoms with van der Waals surface area (Å²) >= 11 is 13.3. The van der Waals surface area contributed by atoms with Gasteiger partial charge in [0.1, 0.15) is 6.33 Å². The molecule has 18 heavy (non-hydrogen) atoms. The molecule has 1 unspecified atom stereocenters. The van der Waals surface area contributed by atoms with Crippen LogP contribution in [0.25, 0.3) is 0 Å². The Bertz CT molecular complexity index is 547. The molecule has 2 rings (SSSR count). The molecule has 0 saturated carbocycles. The molecule has 1 atom stereocenters. The van der Waals surface area contributed by atoms with E-state index in [1.54, 1.807) is 19.2 Å². The van der Waals surface area contributed by atoms with Gasteiger partial charge in [-0.05, 0) is 6.07 Å². The van der Waals surface area contributed by atoms with E-state index in [-0.39, 0.29) is 6.04 Å². The predicted molar refractivity (Wildman–Crippen MR) is 73.6 cm³/mol. The van der Waals surface area contributed by atoms with Crippen molar-refractivity contribution in [3.05, 3.63) is 38.4 Å². The molecule has 0 saturated heterocycles. The predicted octanol–water partition coefficient (Wildman–Crippen LogP) is 3.10. The standard InChI is InChI=1S/C11H11Cl2N3OS/c1-17-10-3-6(15-5-16-10)2-8(14)7-4-9(12)18-11(7)13/h3-5,8H,2,14H2,1H3. The number of halogens is 2. The van der Waals surface area contributed by atoms with Crippen molar-refractivity contribution in [1.82, 2.24) is 9.97 Å². The van der Waals surface area contributed by atoms with E-state index in [1.807, 2.05) is 0 Å². The van der Waals surface area contributed by atoms with E-state index in [0.717, 1.165) is 11.3 Å². The molecule has 0 bridgehead atoms. The lowest BCUT2D eigenvalue weighted by molar-refractivity contribution is 0.395. The molecule has 2 aromatic heterocycles. The summed E-state index contributed by atoms with van der Waals surface area (Å²) in [5.74, 6) is 0.515. The minimum Gasteiger partial charge on any atom is -0.481 e. The van der Waals surface area contributed by atoms with Gasteiger partial charge < -0.3 is 10.5 Å². The van der Waals surface area contributed by atoms with Crippen LogP contribution in [0.3, 0.4) is 0 Å². The van der Waals surface area contributed by atoms with Crippen LogP contribution >= 0.6 is 34.5 Å². The van der Waals surface area contributed by atoms with E-state index in [4.69, 9.17) is 33.7 Å². The molecule has 4 nitrogen and oxygen atoms in total. The average Bonchev–Trinajstić information content (AvgIpc) is 2.69. The molecule has 0 spiro atoms. The number of methoxy groups -OCH3 is 1. The lowest BCUT2D eigenvalue weighted by Gasteiger charge is -2.10. The lowest BCUT2D eigenvalue weighted by atomic mass is 10.1. The van der Waals surface area contributed by atoms with Gasteiger partial charge in [0.2, 0.25) is 5.88 Å². The number of rotatable bonds is 4. The maximum atomic E-state index is 6.10. The molecule has 2 aromatic rings. The monoisotopic (exact) mass is 303 g/mol. The van der Waals surface area contributed by atoms with Gasteiger partial charge in [0.25, 0.3) is 0 Å². The summed E-state index contributed by atoms with van der Waals surface area (Å²) in [4.78, 5) is 8.09. The minimum absolute atomic E-state index is 0.249. The van der Waals surface area contributed by atoms with E-state index in [0.29, 0.717) is 21.0 Å². The molecule has 2 N–H and O–H groups in total. The van der Waals surface area contributed by atoms with Crippen LogP contribution in [0.2, 0.25) is 8.67 Å².